The summed E-state index contributed by atoms with van der Waals surface area (Å²) in [6.45, 7) is 1.88. The average molecular weight is 442 g/mol. The summed E-state index contributed by atoms with van der Waals surface area (Å²) in [4.78, 5) is 19.1. The number of nitrogens with one attached hydrogen (secondary N) is 1. The molecule has 0 atom stereocenters. The third kappa shape index (κ3) is 4.66. The Morgan fingerprint density at radius 1 is 1.00 bits per heavy atom. The summed E-state index contributed by atoms with van der Waals surface area (Å²) in [7, 11) is 0. The molecule has 6 nitrogen and oxygen atoms in total. The first-order chi connectivity index (χ1) is 15.3. The predicted octanol–water partition coefficient (Wildman–Crippen LogP) is 6.58. The minimum absolute atomic E-state index is 0.205. The molecular weight excluding hydrogens is 425 g/mol. The van der Waals surface area contributed by atoms with Crippen molar-refractivity contribution < 1.29 is 32.2 Å². The second-order valence-corrected chi connectivity index (χ2v) is 6.67. The van der Waals surface area contributed by atoms with E-state index in [0.29, 0.717) is 28.2 Å². The monoisotopic (exact) mass is 442 g/mol. The molecule has 0 fully saturated rings. The van der Waals surface area contributed by atoms with Crippen LogP contribution in [-0.4, -0.2) is 22.7 Å². The molecule has 0 aliphatic rings. The van der Waals surface area contributed by atoms with Crippen molar-refractivity contribution in [1.29, 1.82) is 0 Å². The number of hydrogen-bond acceptors (Lipinski definition) is 5. The maximum absolute atomic E-state index is 13.1. The molecule has 9 heteroatoms. The topological polar surface area (TPSA) is 73.4 Å². The fraction of sp³-hybridized carbons (Fsp3) is 0.130. The number of benzene rings is 3. The number of fused-ring (bicyclic) bond motifs is 1. The summed E-state index contributed by atoms with van der Waals surface area (Å²) < 4.78 is 54.7. The molecule has 0 unspecified atom stereocenters. The summed E-state index contributed by atoms with van der Waals surface area (Å²) in [6.07, 6.45) is -5.31. The zero-order chi connectivity index (χ0) is 22.7. The number of alkyl halides is 3. The van der Waals surface area contributed by atoms with Crippen LogP contribution in [0, 0.1) is 0 Å². The van der Waals surface area contributed by atoms with E-state index in [4.69, 9.17) is 14.2 Å². The van der Waals surface area contributed by atoms with E-state index in [1.54, 1.807) is 49.4 Å². The van der Waals surface area contributed by atoms with Crippen LogP contribution in [0.25, 0.3) is 22.4 Å². The second-order valence-electron chi connectivity index (χ2n) is 6.67. The molecule has 1 N–H and O–H groups in total. The molecule has 164 valence electrons. The highest BCUT2D eigenvalue weighted by Gasteiger charge is 2.34. The highest BCUT2D eigenvalue weighted by atomic mass is 19.4. The summed E-state index contributed by atoms with van der Waals surface area (Å²) in [5, 5.41) is 0. The lowest BCUT2D eigenvalue weighted by atomic mass is 10.2. The smallest absolute Gasteiger partial charge is 0.457 e. The molecule has 0 aliphatic carbocycles. The van der Waals surface area contributed by atoms with E-state index in [1.807, 2.05) is 0 Å². The van der Waals surface area contributed by atoms with Gasteiger partial charge in [-0.2, -0.15) is 13.2 Å². The number of aromatic amines is 1. The van der Waals surface area contributed by atoms with Crippen molar-refractivity contribution in [3.05, 3.63) is 72.3 Å². The van der Waals surface area contributed by atoms with Gasteiger partial charge >= 0.3 is 12.3 Å². The second kappa shape index (κ2) is 8.62. The van der Waals surface area contributed by atoms with Crippen molar-refractivity contribution in [1.82, 2.24) is 9.97 Å². The van der Waals surface area contributed by atoms with E-state index in [9.17, 15) is 18.0 Å². The van der Waals surface area contributed by atoms with Gasteiger partial charge in [-0.05, 0) is 55.5 Å². The van der Waals surface area contributed by atoms with Gasteiger partial charge in [0, 0.05) is 11.6 Å². The maximum atomic E-state index is 13.1. The molecule has 3 aromatic carbocycles. The average Bonchev–Trinajstić information content (AvgIpc) is 3.17. The van der Waals surface area contributed by atoms with E-state index in [1.165, 1.54) is 18.2 Å². The van der Waals surface area contributed by atoms with E-state index in [2.05, 4.69) is 9.97 Å². The molecule has 4 aromatic rings. The molecule has 0 amide bonds. The van der Waals surface area contributed by atoms with Crippen LogP contribution in [0.15, 0.2) is 66.7 Å². The van der Waals surface area contributed by atoms with Crippen LogP contribution >= 0.6 is 0 Å². The van der Waals surface area contributed by atoms with Crippen LogP contribution < -0.4 is 9.47 Å². The highest BCUT2D eigenvalue weighted by molar-refractivity contribution is 5.81. The first-order valence-corrected chi connectivity index (χ1v) is 9.62. The summed E-state index contributed by atoms with van der Waals surface area (Å²) >= 11 is 0. The summed E-state index contributed by atoms with van der Waals surface area (Å²) in [5.74, 6) is 0.825. The van der Waals surface area contributed by atoms with Crippen molar-refractivity contribution in [3.8, 4) is 28.6 Å². The van der Waals surface area contributed by atoms with E-state index in [0.717, 1.165) is 6.07 Å². The Bertz CT molecular complexity index is 1250. The van der Waals surface area contributed by atoms with Gasteiger partial charge in [-0.15, -0.1) is 0 Å². The van der Waals surface area contributed by atoms with E-state index < -0.39 is 17.9 Å². The number of halogens is 3. The number of H-pyrrole nitrogens is 1. The van der Waals surface area contributed by atoms with Gasteiger partial charge in [0.15, 0.2) is 0 Å². The van der Waals surface area contributed by atoms with Crippen LogP contribution in [0.3, 0.4) is 0 Å². The van der Waals surface area contributed by atoms with Gasteiger partial charge in [0.05, 0.1) is 23.2 Å². The van der Waals surface area contributed by atoms with Crippen molar-refractivity contribution >= 4 is 17.2 Å². The Kier molecular flexibility index (Phi) is 5.72. The molecule has 0 saturated heterocycles. The van der Waals surface area contributed by atoms with Gasteiger partial charge in [-0.3, -0.25) is 0 Å². The van der Waals surface area contributed by atoms with Gasteiger partial charge in [0.1, 0.15) is 23.1 Å². The van der Waals surface area contributed by atoms with Gasteiger partial charge in [0.25, 0.3) is 0 Å². The van der Waals surface area contributed by atoms with Crippen LogP contribution in [0.2, 0.25) is 0 Å². The van der Waals surface area contributed by atoms with Crippen molar-refractivity contribution in [3.63, 3.8) is 0 Å². The SMILES string of the molecule is CCOC(=O)Oc1ccc2nc(-c3ccc(Oc4ccccc4C(F)(F)F)cc3)[nH]c2c1. The molecule has 0 aliphatic heterocycles. The largest absolute Gasteiger partial charge is 0.513 e. The molecule has 0 bridgehead atoms. The molecule has 4 rings (SSSR count). The van der Waals surface area contributed by atoms with E-state index in [-0.39, 0.29) is 18.1 Å². The third-order valence-electron chi connectivity index (χ3n) is 4.46. The fourth-order valence-corrected chi connectivity index (χ4v) is 3.03. The van der Waals surface area contributed by atoms with Crippen LogP contribution in [0.4, 0.5) is 18.0 Å². The maximum Gasteiger partial charge on any atom is 0.513 e. The van der Waals surface area contributed by atoms with Gasteiger partial charge < -0.3 is 19.2 Å². The zero-order valence-electron chi connectivity index (χ0n) is 16.8. The molecule has 1 aromatic heterocycles. The number of rotatable bonds is 5. The van der Waals surface area contributed by atoms with Crippen LogP contribution in [-0.2, 0) is 10.9 Å². The van der Waals surface area contributed by atoms with Gasteiger partial charge in [-0.25, -0.2) is 9.78 Å². The Labute approximate surface area is 180 Å². The number of ether oxygens (including phenoxy) is 3. The minimum Gasteiger partial charge on any atom is -0.457 e. The highest BCUT2D eigenvalue weighted by Crippen LogP contribution is 2.38. The van der Waals surface area contributed by atoms with Crippen molar-refractivity contribution in [2.24, 2.45) is 0 Å². The Balaban J connectivity index is 1.54. The van der Waals surface area contributed by atoms with Crippen LogP contribution in [0.1, 0.15) is 12.5 Å². The van der Waals surface area contributed by atoms with Gasteiger partial charge in [-0.1, -0.05) is 12.1 Å². The third-order valence-corrected chi connectivity index (χ3v) is 4.46. The van der Waals surface area contributed by atoms with Crippen molar-refractivity contribution in [2.45, 2.75) is 13.1 Å². The lowest BCUT2D eigenvalue weighted by Gasteiger charge is -2.13. The summed E-state index contributed by atoms with van der Waals surface area (Å²) in [5.41, 5.74) is 1.14. The lowest BCUT2D eigenvalue weighted by molar-refractivity contribution is -0.138. The minimum atomic E-state index is -4.51. The normalized spacial score (nSPS) is 11.4. The molecular formula is C23H17F3N2O4. The number of nitrogens with zero attached hydrogens (tertiary/aromatic N) is 1. The summed E-state index contributed by atoms with van der Waals surface area (Å²) in [6, 6.07) is 16.4. The molecule has 32 heavy (non-hydrogen) atoms. The van der Waals surface area contributed by atoms with Crippen LogP contribution in [0.5, 0.6) is 17.2 Å². The number of aromatic nitrogens is 2. The Hall–Kier alpha value is -4.01. The fourth-order valence-electron chi connectivity index (χ4n) is 3.03. The standard InChI is InChI=1S/C23H17F3N2O4/c1-2-30-22(29)32-16-11-12-18-19(13-16)28-21(27-18)14-7-9-15(10-8-14)31-20-6-4-3-5-17(20)23(24,25)26/h3-13H,2H2,1H3,(H,27,28). The zero-order valence-corrected chi connectivity index (χ0v) is 16.8. The molecule has 0 radical (unpaired) electrons. The Morgan fingerprint density at radius 2 is 1.72 bits per heavy atom. The first kappa shape index (κ1) is 21.2. The molecule has 0 saturated carbocycles. The number of hydrogen-bond donors (Lipinski definition) is 1. The quantitative estimate of drug-likeness (QED) is 0.279. The van der Waals surface area contributed by atoms with Crippen molar-refractivity contribution in [2.75, 3.05) is 6.61 Å². The molecule has 1 heterocycles. The number of para-hydroxylation sites is 1. The first-order valence-electron chi connectivity index (χ1n) is 9.62. The number of carbonyl (C=O) groups excluding carboxylic acids is 1. The predicted molar refractivity (Wildman–Crippen MR) is 111 cm³/mol. The molecule has 0 spiro atoms. The van der Waals surface area contributed by atoms with Gasteiger partial charge in [0.2, 0.25) is 0 Å². The number of imidazole rings is 1. The lowest BCUT2D eigenvalue weighted by Crippen LogP contribution is -2.09. The Morgan fingerprint density at radius 3 is 2.44 bits per heavy atom. The number of carbonyl (C=O) groups is 1. The van der Waals surface area contributed by atoms with E-state index >= 15 is 0 Å².